The van der Waals surface area contributed by atoms with Crippen molar-refractivity contribution in [1.29, 1.82) is 0 Å². The van der Waals surface area contributed by atoms with Gasteiger partial charge in [-0.25, -0.2) is 8.78 Å². The lowest BCUT2D eigenvalue weighted by atomic mass is 10.1. The van der Waals surface area contributed by atoms with Crippen LogP contribution in [0.3, 0.4) is 0 Å². The van der Waals surface area contributed by atoms with Gasteiger partial charge in [0.15, 0.2) is 11.6 Å². The fraction of sp³-hybridized carbons (Fsp3) is 0.647. The Morgan fingerprint density at radius 1 is 1.27 bits per heavy atom. The molecule has 1 fully saturated rings. The van der Waals surface area contributed by atoms with E-state index in [1.807, 2.05) is 0 Å². The van der Waals surface area contributed by atoms with Crippen LogP contribution in [0.4, 0.5) is 8.78 Å². The molecule has 1 saturated heterocycles. The molecular weight excluding hydrogens is 286 g/mol. The van der Waals surface area contributed by atoms with E-state index in [2.05, 4.69) is 23.6 Å². The molecule has 2 rings (SSSR count). The summed E-state index contributed by atoms with van der Waals surface area (Å²) in [6, 6.07) is 4.61. The SMILES string of the molecule is CC(C)CN1CCN(Cc2cccc(F)c2F)CC1CCO. The van der Waals surface area contributed by atoms with Crippen LogP contribution >= 0.6 is 0 Å². The number of hydrogen-bond acceptors (Lipinski definition) is 3. The first-order valence-corrected chi connectivity index (χ1v) is 8.01. The molecule has 0 bridgehead atoms. The Balaban J connectivity index is 2.00. The average molecular weight is 312 g/mol. The Labute approximate surface area is 131 Å². The van der Waals surface area contributed by atoms with Crippen molar-refractivity contribution in [3.63, 3.8) is 0 Å². The maximum atomic E-state index is 13.8. The van der Waals surface area contributed by atoms with Gasteiger partial charge in [0.2, 0.25) is 0 Å². The molecule has 3 nitrogen and oxygen atoms in total. The van der Waals surface area contributed by atoms with Gasteiger partial charge < -0.3 is 5.11 Å². The van der Waals surface area contributed by atoms with Gasteiger partial charge in [-0.05, 0) is 18.4 Å². The number of rotatable bonds is 6. The van der Waals surface area contributed by atoms with Crippen LogP contribution in [0.1, 0.15) is 25.8 Å². The minimum Gasteiger partial charge on any atom is -0.396 e. The summed E-state index contributed by atoms with van der Waals surface area (Å²) in [4.78, 5) is 4.55. The number of aliphatic hydroxyl groups is 1. The molecule has 0 aromatic heterocycles. The Morgan fingerprint density at radius 2 is 2.05 bits per heavy atom. The number of aliphatic hydroxyl groups excluding tert-OH is 1. The molecule has 1 heterocycles. The summed E-state index contributed by atoms with van der Waals surface area (Å²) < 4.78 is 27.1. The lowest BCUT2D eigenvalue weighted by molar-refractivity contribution is 0.0471. The van der Waals surface area contributed by atoms with Crippen molar-refractivity contribution in [2.24, 2.45) is 5.92 Å². The van der Waals surface area contributed by atoms with E-state index in [9.17, 15) is 13.9 Å². The number of piperazine rings is 1. The zero-order chi connectivity index (χ0) is 16.1. The predicted molar refractivity (Wildman–Crippen MR) is 83.5 cm³/mol. The largest absolute Gasteiger partial charge is 0.396 e. The first-order valence-electron chi connectivity index (χ1n) is 8.01. The summed E-state index contributed by atoms with van der Waals surface area (Å²) in [7, 11) is 0. The second-order valence-electron chi connectivity index (χ2n) is 6.50. The maximum Gasteiger partial charge on any atom is 0.163 e. The average Bonchev–Trinajstić information content (AvgIpc) is 2.46. The van der Waals surface area contributed by atoms with E-state index in [0.29, 0.717) is 18.0 Å². The molecule has 1 aromatic rings. The van der Waals surface area contributed by atoms with Crippen molar-refractivity contribution in [3.8, 4) is 0 Å². The van der Waals surface area contributed by atoms with Crippen molar-refractivity contribution >= 4 is 0 Å². The molecule has 0 aliphatic carbocycles. The zero-order valence-electron chi connectivity index (χ0n) is 13.4. The third-order valence-electron chi connectivity index (χ3n) is 4.18. The van der Waals surface area contributed by atoms with Crippen LogP contribution in [-0.4, -0.2) is 53.7 Å². The number of hydrogen-bond donors (Lipinski definition) is 1. The van der Waals surface area contributed by atoms with Crippen molar-refractivity contribution in [1.82, 2.24) is 9.80 Å². The molecule has 0 spiro atoms. The Morgan fingerprint density at radius 3 is 2.73 bits per heavy atom. The smallest absolute Gasteiger partial charge is 0.163 e. The molecule has 1 atom stereocenters. The summed E-state index contributed by atoms with van der Waals surface area (Å²) >= 11 is 0. The molecule has 1 aromatic carbocycles. The molecule has 1 aliphatic heterocycles. The highest BCUT2D eigenvalue weighted by atomic mass is 19.2. The second kappa shape index (κ2) is 7.99. The first kappa shape index (κ1) is 17.3. The Hall–Kier alpha value is -1.04. The van der Waals surface area contributed by atoms with Crippen LogP contribution in [0.2, 0.25) is 0 Å². The predicted octanol–water partition coefficient (Wildman–Crippen LogP) is 2.49. The van der Waals surface area contributed by atoms with E-state index in [4.69, 9.17) is 0 Å². The van der Waals surface area contributed by atoms with Gasteiger partial charge in [-0.3, -0.25) is 9.80 Å². The van der Waals surface area contributed by atoms with Crippen molar-refractivity contribution < 1.29 is 13.9 Å². The topological polar surface area (TPSA) is 26.7 Å². The van der Waals surface area contributed by atoms with E-state index in [0.717, 1.165) is 38.7 Å². The number of benzene rings is 1. The van der Waals surface area contributed by atoms with E-state index in [1.54, 1.807) is 12.1 Å². The van der Waals surface area contributed by atoms with Crippen molar-refractivity contribution in [3.05, 3.63) is 35.4 Å². The van der Waals surface area contributed by atoms with E-state index in [1.165, 1.54) is 0 Å². The second-order valence-corrected chi connectivity index (χ2v) is 6.50. The summed E-state index contributed by atoms with van der Waals surface area (Å²) in [5.41, 5.74) is 0.403. The maximum absolute atomic E-state index is 13.8. The van der Waals surface area contributed by atoms with E-state index in [-0.39, 0.29) is 12.6 Å². The first-order chi connectivity index (χ1) is 10.5. The van der Waals surface area contributed by atoms with Crippen molar-refractivity contribution in [2.45, 2.75) is 32.9 Å². The molecular formula is C17H26F2N2O. The van der Waals surface area contributed by atoms with E-state index < -0.39 is 11.6 Å². The highest BCUT2D eigenvalue weighted by Gasteiger charge is 2.27. The van der Waals surface area contributed by atoms with Gasteiger partial charge in [0, 0.05) is 50.9 Å². The molecule has 1 aliphatic rings. The Bertz CT molecular complexity index is 482. The fourth-order valence-electron chi connectivity index (χ4n) is 3.14. The van der Waals surface area contributed by atoms with Gasteiger partial charge in [0.05, 0.1) is 0 Å². The summed E-state index contributed by atoms with van der Waals surface area (Å²) in [5, 5.41) is 9.27. The Kier molecular flexibility index (Phi) is 6.29. The number of halogens is 2. The molecule has 0 saturated carbocycles. The van der Waals surface area contributed by atoms with Crippen LogP contribution in [0, 0.1) is 17.6 Å². The van der Waals surface area contributed by atoms with Gasteiger partial charge >= 0.3 is 0 Å². The van der Waals surface area contributed by atoms with Crippen LogP contribution in [-0.2, 0) is 6.54 Å². The third kappa shape index (κ3) is 4.48. The van der Waals surface area contributed by atoms with Gasteiger partial charge in [-0.2, -0.15) is 0 Å². The molecule has 1 N–H and O–H groups in total. The van der Waals surface area contributed by atoms with Gasteiger partial charge in [-0.1, -0.05) is 26.0 Å². The summed E-state index contributed by atoms with van der Waals surface area (Å²) in [5.74, 6) is -0.956. The lowest BCUT2D eigenvalue weighted by Crippen LogP contribution is -2.53. The molecule has 0 radical (unpaired) electrons. The highest BCUT2D eigenvalue weighted by molar-refractivity contribution is 5.19. The van der Waals surface area contributed by atoms with Crippen molar-refractivity contribution in [2.75, 3.05) is 32.8 Å². The minimum absolute atomic E-state index is 0.154. The quantitative estimate of drug-likeness (QED) is 0.874. The third-order valence-corrected chi connectivity index (χ3v) is 4.18. The molecule has 22 heavy (non-hydrogen) atoms. The van der Waals surface area contributed by atoms with Crippen LogP contribution in [0.5, 0.6) is 0 Å². The monoisotopic (exact) mass is 312 g/mol. The van der Waals surface area contributed by atoms with Crippen LogP contribution < -0.4 is 0 Å². The highest BCUT2D eigenvalue weighted by Crippen LogP contribution is 2.19. The normalized spacial score (nSPS) is 20.7. The molecule has 5 heteroatoms. The molecule has 124 valence electrons. The minimum atomic E-state index is -0.789. The molecule has 1 unspecified atom stereocenters. The zero-order valence-corrected chi connectivity index (χ0v) is 13.4. The summed E-state index contributed by atoms with van der Waals surface area (Å²) in [6.45, 7) is 8.47. The fourth-order valence-corrected chi connectivity index (χ4v) is 3.14. The standard InChI is InChI=1S/C17H26F2N2O/c1-13(2)10-21-8-7-20(12-15(21)6-9-22)11-14-4-3-5-16(18)17(14)19/h3-5,13,15,22H,6-12H2,1-2H3. The van der Waals surface area contributed by atoms with E-state index >= 15 is 0 Å². The van der Waals surface area contributed by atoms with Gasteiger partial charge in [0.25, 0.3) is 0 Å². The number of nitrogens with zero attached hydrogens (tertiary/aromatic N) is 2. The lowest BCUT2D eigenvalue weighted by Gasteiger charge is -2.42. The van der Waals surface area contributed by atoms with Crippen LogP contribution in [0.25, 0.3) is 0 Å². The van der Waals surface area contributed by atoms with Gasteiger partial charge in [0.1, 0.15) is 0 Å². The summed E-state index contributed by atoms with van der Waals surface area (Å²) in [6.07, 6.45) is 0.717. The molecule has 0 amide bonds. The van der Waals surface area contributed by atoms with Crippen LogP contribution in [0.15, 0.2) is 18.2 Å². The van der Waals surface area contributed by atoms with Gasteiger partial charge in [-0.15, -0.1) is 0 Å².